The average molecular weight is 539 g/mol. The molecule has 13 heteroatoms. The van der Waals surface area contributed by atoms with E-state index < -0.39 is 10.8 Å². The number of thioether (sulfide) groups is 1. The number of nitrogens with one attached hydrogen (secondary N) is 1. The quantitative estimate of drug-likeness (QED) is 0.137. The largest absolute Gasteiger partial charge is 0.504 e. The molecule has 0 spiro atoms. The van der Waals surface area contributed by atoms with Gasteiger partial charge in [0.25, 0.3) is 11.6 Å². The van der Waals surface area contributed by atoms with Gasteiger partial charge in [0.15, 0.2) is 22.5 Å². The number of carbonyl (C=O) groups is 1. The SMILES string of the molecule is COc1cc([N+](=O)[O-])cc(/C=N/NC(=O)CSc2nnc(-c3ccc(Cl)cc3)n2-c2ccccc2)c1O. The Morgan fingerprint density at radius 1 is 1.22 bits per heavy atom. The van der Waals surface area contributed by atoms with Crippen molar-refractivity contribution in [2.24, 2.45) is 5.10 Å². The number of non-ortho nitro benzene ring substituents is 1. The third kappa shape index (κ3) is 6.05. The highest BCUT2D eigenvalue weighted by Gasteiger charge is 2.18. The van der Waals surface area contributed by atoms with Crippen molar-refractivity contribution in [3.05, 3.63) is 87.4 Å². The molecule has 0 saturated carbocycles. The fraction of sp³-hybridized carbons (Fsp3) is 0.0833. The normalized spacial score (nSPS) is 11.0. The summed E-state index contributed by atoms with van der Waals surface area (Å²) in [6, 6.07) is 18.8. The number of benzene rings is 3. The summed E-state index contributed by atoms with van der Waals surface area (Å²) in [6.07, 6.45) is 1.10. The summed E-state index contributed by atoms with van der Waals surface area (Å²) in [6.45, 7) is 0. The van der Waals surface area contributed by atoms with Crippen molar-refractivity contribution in [3.8, 4) is 28.6 Å². The second-order valence-corrected chi connectivity index (χ2v) is 8.79. The molecule has 188 valence electrons. The molecule has 4 aromatic rings. The molecular formula is C24H19ClN6O5S. The van der Waals surface area contributed by atoms with E-state index >= 15 is 0 Å². The van der Waals surface area contributed by atoms with Crippen LogP contribution in [0.3, 0.4) is 0 Å². The van der Waals surface area contributed by atoms with Gasteiger partial charge in [0.1, 0.15) is 0 Å². The molecule has 1 amide bonds. The van der Waals surface area contributed by atoms with E-state index in [-0.39, 0.29) is 28.5 Å². The van der Waals surface area contributed by atoms with Crippen LogP contribution in [0, 0.1) is 10.1 Å². The predicted molar refractivity (Wildman–Crippen MR) is 140 cm³/mol. The van der Waals surface area contributed by atoms with Crippen molar-refractivity contribution < 1.29 is 19.6 Å². The van der Waals surface area contributed by atoms with Crippen molar-refractivity contribution in [3.63, 3.8) is 0 Å². The Morgan fingerprint density at radius 3 is 2.62 bits per heavy atom. The Kier molecular flexibility index (Phi) is 8.01. The van der Waals surface area contributed by atoms with Gasteiger partial charge < -0.3 is 9.84 Å². The maximum atomic E-state index is 12.4. The number of nitro groups is 1. The molecule has 0 unspecified atom stereocenters. The van der Waals surface area contributed by atoms with Crippen LogP contribution in [0.1, 0.15) is 5.56 Å². The number of ether oxygens (including phenoxy) is 1. The van der Waals surface area contributed by atoms with E-state index in [1.165, 1.54) is 7.11 Å². The third-order valence-corrected chi connectivity index (χ3v) is 6.18. The highest BCUT2D eigenvalue weighted by molar-refractivity contribution is 7.99. The number of methoxy groups -OCH3 is 1. The second kappa shape index (κ2) is 11.5. The number of halogens is 1. The first-order valence-electron chi connectivity index (χ1n) is 10.6. The Bertz CT molecular complexity index is 1460. The summed E-state index contributed by atoms with van der Waals surface area (Å²) in [5.74, 6) is -0.360. The minimum absolute atomic E-state index is 0.00966. The van der Waals surface area contributed by atoms with Crippen molar-refractivity contribution >= 4 is 41.2 Å². The van der Waals surface area contributed by atoms with Gasteiger partial charge in [0.2, 0.25) is 0 Å². The molecule has 1 heterocycles. The smallest absolute Gasteiger partial charge is 0.274 e. The van der Waals surface area contributed by atoms with Gasteiger partial charge in [-0.3, -0.25) is 19.5 Å². The van der Waals surface area contributed by atoms with Crippen LogP contribution < -0.4 is 10.2 Å². The molecular weight excluding hydrogens is 520 g/mol. The van der Waals surface area contributed by atoms with Gasteiger partial charge >= 0.3 is 0 Å². The van der Waals surface area contributed by atoms with Crippen LogP contribution in [0.2, 0.25) is 5.02 Å². The molecule has 0 aliphatic heterocycles. The van der Waals surface area contributed by atoms with Crippen LogP contribution in [0.15, 0.2) is 77.0 Å². The maximum absolute atomic E-state index is 12.4. The van der Waals surface area contributed by atoms with E-state index in [0.717, 1.165) is 41.4 Å². The zero-order valence-electron chi connectivity index (χ0n) is 19.2. The molecule has 11 nitrogen and oxygen atoms in total. The van der Waals surface area contributed by atoms with E-state index in [2.05, 4.69) is 20.7 Å². The number of hydrogen-bond acceptors (Lipinski definition) is 9. The van der Waals surface area contributed by atoms with Crippen LogP contribution in [0.4, 0.5) is 5.69 Å². The molecule has 0 aliphatic rings. The minimum Gasteiger partial charge on any atom is -0.504 e. The lowest BCUT2D eigenvalue weighted by molar-refractivity contribution is -0.385. The number of phenols is 1. The molecule has 1 aromatic heterocycles. The molecule has 0 radical (unpaired) electrons. The molecule has 2 N–H and O–H groups in total. The van der Waals surface area contributed by atoms with Gasteiger partial charge in [-0.25, -0.2) is 5.43 Å². The van der Waals surface area contributed by atoms with E-state index in [1.54, 1.807) is 12.1 Å². The number of aromatic hydroxyl groups is 1. The van der Waals surface area contributed by atoms with Crippen molar-refractivity contribution in [1.29, 1.82) is 0 Å². The number of aromatic nitrogens is 3. The van der Waals surface area contributed by atoms with Crippen molar-refractivity contribution in [2.75, 3.05) is 12.9 Å². The number of phenolic OH excluding ortho intramolecular Hbond substituents is 1. The first-order valence-corrected chi connectivity index (χ1v) is 12.0. The van der Waals surface area contributed by atoms with Gasteiger partial charge in [-0.15, -0.1) is 10.2 Å². The van der Waals surface area contributed by atoms with E-state index in [1.807, 2.05) is 47.0 Å². The van der Waals surface area contributed by atoms with Crippen LogP contribution in [0.5, 0.6) is 11.5 Å². The van der Waals surface area contributed by atoms with Crippen LogP contribution in [-0.4, -0.2) is 49.8 Å². The van der Waals surface area contributed by atoms with Crippen LogP contribution in [0.25, 0.3) is 17.1 Å². The molecule has 0 atom stereocenters. The number of hydrazone groups is 1. The highest BCUT2D eigenvalue weighted by Crippen LogP contribution is 2.33. The standard InChI is InChI=1S/C24H19ClN6O5S/c1-36-20-12-19(31(34)35)11-16(22(20)33)13-26-27-21(32)14-37-24-29-28-23(15-7-9-17(25)10-8-15)30(24)18-5-3-2-4-6-18/h2-13,33H,14H2,1H3,(H,27,32)/b26-13+. The summed E-state index contributed by atoms with van der Waals surface area (Å²) in [5.41, 5.74) is 3.66. The molecule has 0 bridgehead atoms. The molecule has 0 fully saturated rings. The molecule has 37 heavy (non-hydrogen) atoms. The summed E-state index contributed by atoms with van der Waals surface area (Å²) >= 11 is 7.17. The first-order chi connectivity index (χ1) is 17.9. The maximum Gasteiger partial charge on any atom is 0.274 e. The molecule has 0 aliphatic carbocycles. The Morgan fingerprint density at radius 2 is 1.95 bits per heavy atom. The number of nitrogens with zero attached hydrogens (tertiary/aromatic N) is 5. The fourth-order valence-corrected chi connectivity index (χ4v) is 4.14. The van der Waals surface area contributed by atoms with Crippen LogP contribution >= 0.6 is 23.4 Å². The highest BCUT2D eigenvalue weighted by atomic mass is 35.5. The number of rotatable bonds is 9. The number of amides is 1. The lowest BCUT2D eigenvalue weighted by Gasteiger charge is -2.10. The predicted octanol–water partition coefficient (Wildman–Crippen LogP) is 4.45. The Balaban J connectivity index is 1.49. The van der Waals surface area contributed by atoms with Gasteiger partial charge in [-0.05, 0) is 36.4 Å². The average Bonchev–Trinajstić information content (AvgIpc) is 3.33. The lowest BCUT2D eigenvalue weighted by Crippen LogP contribution is -2.20. The van der Waals surface area contributed by atoms with Gasteiger partial charge in [-0.1, -0.05) is 41.6 Å². The second-order valence-electron chi connectivity index (χ2n) is 7.41. The minimum atomic E-state index is -0.629. The Labute approximate surface area is 219 Å². The topological polar surface area (TPSA) is 145 Å². The lowest BCUT2D eigenvalue weighted by atomic mass is 10.2. The van der Waals surface area contributed by atoms with Gasteiger partial charge in [0, 0.05) is 27.9 Å². The number of nitro benzene ring substituents is 1. The first kappa shape index (κ1) is 25.7. The monoisotopic (exact) mass is 538 g/mol. The van der Waals surface area contributed by atoms with Crippen LogP contribution in [-0.2, 0) is 4.79 Å². The molecule has 3 aromatic carbocycles. The fourth-order valence-electron chi connectivity index (χ4n) is 3.27. The zero-order valence-corrected chi connectivity index (χ0v) is 20.8. The van der Waals surface area contributed by atoms with E-state index in [0.29, 0.717) is 16.0 Å². The number of para-hydroxylation sites is 1. The summed E-state index contributed by atoms with van der Waals surface area (Å²) in [5, 5.41) is 34.7. The van der Waals surface area contributed by atoms with Gasteiger partial charge in [-0.2, -0.15) is 5.10 Å². The molecule has 0 saturated heterocycles. The van der Waals surface area contributed by atoms with E-state index in [9.17, 15) is 20.0 Å². The summed E-state index contributed by atoms with van der Waals surface area (Å²) in [4.78, 5) is 22.9. The van der Waals surface area contributed by atoms with Crippen molar-refractivity contribution in [1.82, 2.24) is 20.2 Å². The molecule has 4 rings (SSSR count). The third-order valence-electron chi connectivity index (χ3n) is 5.00. The summed E-state index contributed by atoms with van der Waals surface area (Å²) in [7, 11) is 1.27. The van der Waals surface area contributed by atoms with Crippen molar-refractivity contribution in [2.45, 2.75) is 5.16 Å². The Hall–Kier alpha value is -4.42. The zero-order chi connectivity index (χ0) is 26.4. The number of carbonyl (C=O) groups excluding carboxylic acids is 1. The number of hydrogen-bond donors (Lipinski definition) is 2. The summed E-state index contributed by atoms with van der Waals surface area (Å²) < 4.78 is 6.78. The van der Waals surface area contributed by atoms with Gasteiger partial charge in [0.05, 0.1) is 30.1 Å². The van der Waals surface area contributed by atoms with E-state index in [4.69, 9.17) is 16.3 Å².